The fourth-order valence-electron chi connectivity index (χ4n) is 4.01. The van der Waals surface area contributed by atoms with E-state index in [0.29, 0.717) is 26.3 Å². The molecule has 0 aliphatic carbocycles. The Morgan fingerprint density at radius 1 is 1.05 bits per heavy atom. The van der Waals surface area contributed by atoms with E-state index in [9.17, 15) is 9.18 Å². The molecule has 1 fully saturated rings. The van der Waals surface area contributed by atoms with Gasteiger partial charge in [0.15, 0.2) is 11.6 Å². The van der Waals surface area contributed by atoms with Crippen LogP contribution in [0, 0.1) is 12.7 Å². The molecule has 12 heteroatoms. The lowest BCUT2D eigenvalue weighted by Crippen LogP contribution is -2.42. The van der Waals surface area contributed by atoms with E-state index in [4.69, 9.17) is 4.74 Å². The molecule has 1 aromatic carbocycles. The normalized spacial score (nSPS) is 13.2. The highest BCUT2D eigenvalue weighted by atomic mass is 19.1. The summed E-state index contributed by atoms with van der Waals surface area (Å²) in [6, 6.07) is 11.2. The number of amides is 1. The van der Waals surface area contributed by atoms with Gasteiger partial charge in [-0.05, 0) is 42.8 Å². The number of morpholine rings is 1. The van der Waals surface area contributed by atoms with Crippen molar-refractivity contribution in [3.63, 3.8) is 0 Å². The van der Waals surface area contributed by atoms with Crippen molar-refractivity contribution in [2.75, 3.05) is 48.6 Å². The lowest BCUT2D eigenvalue weighted by molar-refractivity contribution is 0.0946. The summed E-state index contributed by atoms with van der Waals surface area (Å²) in [5.74, 6) is -0.655. The van der Waals surface area contributed by atoms with Crippen LogP contribution in [0.25, 0.3) is 11.3 Å². The van der Waals surface area contributed by atoms with E-state index in [1.54, 1.807) is 36.5 Å². The number of benzene rings is 1. The summed E-state index contributed by atoms with van der Waals surface area (Å²) in [5, 5.41) is 4.63. The van der Waals surface area contributed by atoms with Gasteiger partial charge in [0.05, 0.1) is 37.0 Å². The van der Waals surface area contributed by atoms with Gasteiger partial charge in [-0.15, -0.1) is 0 Å². The number of hydrazine groups is 1. The minimum absolute atomic E-state index is 0.153. The highest BCUT2D eigenvalue weighted by molar-refractivity contribution is 5.93. The van der Waals surface area contributed by atoms with Crippen LogP contribution in [0.3, 0.4) is 0 Å². The van der Waals surface area contributed by atoms with Crippen molar-refractivity contribution >= 4 is 29.0 Å². The second kappa shape index (κ2) is 11.1. The summed E-state index contributed by atoms with van der Waals surface area (Å²) in [6.45, 7) is 4.06. The molecule has 11 nitrogen and oxygen atoms in total. The van der Waals surface area contributed by atoms with Gasteiger partial charge in [-0.1, -0.05) is 6.07 Å². The second-order valence-corrected chi connectivity index (χ2v) is 8.62. The topological polar surface area (TPSA) is 121 Å². The van der Waals surface area contributed by atoms with Crippen molar-refractivity contribution in [3.8, 4) is 11.3 Å². The Morgan fingerprint density at radius 2 is 1.87 bits per heavy atom. The molecule has 0 radical (unpaired) electrons. The van der Waals surface area contributed by atoms with Crippen molar-refractivity contribution < 1.29 is 13.9 Å². The fraction of sp³-hybridized carbons (Fsp3) is 0.231. The van der Waals surface area contributed by atoms with Crippen LogP contribution in [0.2, 0.25) is 0 Å². The Balaban J connectivity index is 1.22. The van der Waals surface area contributed by atoms with E-state index in [0.717, 1.165) is 34.4 Å². The van der Waals surface area contributed by atoms with Crippen molar-refractivity contribution in [3.05, 3.63) is 78.4 Å². The first kappa shape index (κ1) is 25.0. The third-order valence-corrected chi connectivity index (χ3v) is 5.96. The van der Waals surface area contributed by atoms with Gasteiger partial charge >= 0.3 is 0 Å². The van der Waals surface area contributed by atoms with Crippen LogP contribution in [0.15, 0.2) is 61.3 Å². The van der Waals surface area contributed by atoms with E-state index in [-0.39, 0.29) is 17.5 Å². The van der Waals surface area contributed by atoms with Crippen LogP contribution in [0.4, 0.5) is 27.5 Å². The van der Waals surface area contributed by atoms with Crippen LogP contribution >= 0.6 is 0 Å². The molecule has 4 heterocycles. The first-order chi connectivity index (χ1) is 18.5. The number of nitrogens with one attached hydrogen (secondary N) is 2. The lowest BCUT2D eigenvalue weighted by atomic mass is 10.0. The Morgan fingerprint density at radius 3 is 2.58 bits per heavy atom. The maximum Gasteiger partial charge on any atom is 0.288 e. The molecule has 5 rings (SSSR count). The van der Waals surface area contributed by atoms with Gasteiger partial charge < -0.3 is 15.0 Å². The molecule has 1 saturated heterocycles. The Labute approximate surface area is 218 Å². The largest absolute Gasteiger partial charge is 0.378 e. The molecule has 0 bridgehead atoms. The average molecular weight is 516 g/mol. The molecule has 1 aliphatic heterocycles. The van der Waals surface area contributed by atoms with Crippen molar-refractivity contribution in [1.82, 2.24) is 30.3 Å². The third kappa shape index (κ3) is 5.65. The van der Waals surface area contributed by atoms with Crippen LogP contribution in [0.5, 0.6) is 0 Å². The van der Waals surface area contributed by atoms with Gasteiger partial charge in [0.2, 0.25) is 5.95 Å². The van der Waals surface area contributed by atoms with Crippen molar-refractivity contribution in [2.24, 2.45) is 0 Å². The number of pyridine rings is 1. The van der Waals surface area contributed by atoms with Crippen LogP contribution in [0.1, 0.15) is 16.1 Å². The van der Waals surface area contributed by atoms with E-state index in [1.807, 2.05) is 31.2 Å². The molecule has 4 aromatic rings. The number of carbonyl (C=O) groups excluding carboxylic acids is 1. The zero-order chi connectivity index (χ0) is 26.5. The van der Waals surface area contributed by atoms with Gasteiger partial charge in [-0.3, -0.25) is 15.2 Å². The molecule has 0 unspecified atom stereocenters. The van der Waals surface area contributed by atoms with Gasteiger partial charge in [0, 0.05) is 37.6 Å². The highest BCUT2D eigenvalue weighted by Gasteiger charge is 2.20. The molecule has 3 aromatic heterocycles. The van der Waals surface area contributed by atoms with Crippen LogP contribution < -0.4 is 20.7 Å². The number of nitrogens with zero attached hydrogens (tertiary/aromatic N) is 7. The maximum atomic E-state index is 14.3. The Bertz CT molecular complexity index is 1410. The molecule has 0 saturated carbocycles. The van der Waals surface area contributed by atoms with Crippen molar-refractivity contribution in [1.29, 1.82) is 0 Å². The zero-order valence-corrected chi connectivity index (χ0v) is 20.9. The summed E-state index contributed by atoms with van der Waals surface area (Å²) in [5.41, 5.74) is 7.41. The lowest BCUT2D eigenvalue weighted by Gasteiger charge is -2.28. The first-order valence-corrected chi connectivity index (χ1v) is 12.0. The number of carbonyl (C=O) groups is 1. The standard InChI is InChI=1S/C26H26FN9O2/c1-17-13-18(3-5-20(17)22-7-8-28-16-31-22)32-19-4-6-23(29-14-19)25(37)34-35(2)26-30-15-21(27)24(33-26)36-9-11-38-12-10-36/h3-8,13-16,32H,9-12H2,1-2H3,(H,34,37). The number of hydrogen-bond acceptors (Lipinski definition) is 10. The van der Waals surface area contributed by atoms with E-state index in [1.165, 1.54) is 11.3 Å². The number of rotatable bonds is 7. The Hall–Kier alpha value is -4.71. The van der Waals surface area contributed by atoms with Gasteiger partial charge in [0.25, 0.3) is 5.91 Å². The van der Waals surface area contributed by atoms with E-state index < -0.39 is 11.7 Å². The molecule has 1 aliphatic rings. The third-order valence-electron chi connectivity index (χ3n) is 5.96. The predicted molar refractivity (Wildman–Crippen MR) is 141 cm³/mol. The summed E-state index contributed by atoms with van der Waals surface area (Å²) in [4.78, 5) is 35.4. The number of aryl methyl sites for hydroxylation is 1. The molecule has 0 spiro atoms. The molecular formula is C26H26FN9O2. The van der Waals surface area contributed by atoms with Gasteiger partial charge in [-0.25, -0.2) is 24.3 Å². The monoisotopic (exact) mass is 515 g/mol. The van der Waals surface area contributed by atoms with E-state index in [2.05, 4.69) is 35.7 Å². The number of hydrogen-bond donors (Lipinski definition) is 2. The number of ether oxygens (including phenoxy) is 1. The zero-order valence-electron chi connectivity index (χ0n) is 20.9. The van der Waals surface area contributed by atoms with Gasteiger partial charge in [0.1, 0.15) is 12.0 Å². The highest BCUT2D eigenvalue weighted by Crippen LogP contribution is 2.26. The summed E-state index contributed by atoms with van der Waals surface area (Å²) < 4.78 is 19.6. The van der Waals surface area contributed by atoms with Gasteiger partial charge in [-0.2, -0.15) is 4.98 Å². The smallest absolute Gasteiger partial charge is 0.288 e. The molecule has 0 atom stereocenters. The van der Waals surface area contributed by atoms with Crippen molar-refractivity contribution in [2.45, 2.75) is 6.92 Å². The quantitative estimate of drug-likeness (QED) is 0.355. The minimum atomic E-state index is -0.529. The van der Waals surface area contributed by atoms with Crippen LogP contribution in [-0.2, 0) is 4.74 Å². The minimum Gasteiger partial charge on any atom is -0.378 e. The van der Waals surface area contributed by atoms with E-state index >= 15 is 0 Å². The number of halogens is 1. The first-order valence-electron chi connectivity index (χ1n) is 12.0. The summed E-state index contributed by atoms with van der Waals surface area (Å²) >= 11 is 0. The molecule has 38 heavy (non-hydrogen) atoms. The maximum absolute atomic E-state index is 14.3. The fourth-order valence-corrected chi connectivity index (χ4v) is 4.01. The van der Waals surface area contributed by atoms with Crippen LogP contribution in [-0.4, -0.2) is 64.2 Å². The summed E-state index contributed by atoms with van der Waals surface area (Å²) in [6.07, 6.45) is 5.91. The Kier molecular flexibility index (Phi) is 7.31. The summed E-state index contributed by atoms with van der Waals surface area (Å²) in [7, 11) is 1.58. The molecule has 2 N–H and O–H groups in total. The molecule has 194 valence electrons. The molecular weight excluding hydrogens is 489 g/mol. The number of anilines is 4. The molecule has 1 amide bonds. The number of aromatic nitrogens is 5. The average Bonchev–Trinajstić information content (AvgIpc) is 2.94. The second-order valence-electron chi connectivity index (χ2n) is 8.62. The SMILES string of the molecule is Cc1cc(Nc2ccc(C(=O)NN(C)c3ncc(F)c(N4CCOCC4)n3)nc2)ccc1-c1ccncn1. The predicted octanol–water partition coefficient (Wildman–Crippen LogP) is 3.14.